The van der Waals surface area contributed by atoms with Crippen molar-refractivity contribution in [3.63, 3.8) is 0 Å². The predicted octanol–water partition coefficient (Wildman–Crippen LogP) is 2.11. The average Bonchev–Trinajstić information content (AvgIpc) is 2.93. The molecular weight excluding hydrogens is 300 g/mol. The van der Waals surface area contributed by atoms with E-state index < -0.39 is 5.54 Å². The zero-order valence-corrected chi connectivity index (χ0v) is 12.8. The number of primary amides is 1. The number of nitrogens with two attached hydrogens (primary N) is 1. The minimum Gasteiger partial charge on any atom is -0.368 e. The number of hydrogen-bond acceptors (Lipinski definition) is 4. The number of aromatic nitrogens is 2. The van der Waals surface area contributed by atoms with Crippen LogP contribution in [-0.2, 0) is 16.9 Å². The summed E-state index contributed by atoms with van der Waals surface area (Å²) in [6.45, 7) is 1.38. The highest BCUT2D eigenvalue weighted by Crippen LogP contribution is 2.38. The van der Waals surface area contributed by atoms with Crippen molar-refractivity contribution in [1.29, 1.82) is 0 Å². The molecule has 0 bridgehead atoms. The highest BCUT2D eigenvalue weighted by Gasteiger charge is 2.48. The summed E-state index contributed by atoms with van der Waals surface area (Å²) < 4.78 is 0. The first-order valence-corrected chi connectivity index (χ1v) is 7.56. The van der Waals surface area contributed by atoms with Gasteiger partial charge in [-0.05, 0) is 37.1 Å². The predicted molar refractivity (Wildman–Crippen MR) is 84.0 cm³/mol. The van der Waals surface area contributed by atoms with Gasteiger partial charge in [-0.25, -0.2) is 0 Å². The second kappa shape index (κ2) is 6.02. The lowest BCUT2D eigenvalue weighted by molar-refractivity contribution is -0.129. The van der Waals surface area contributed by atoms with Crippen molar-refractivity contribution in [2.24, 2.45) is 5.73 Å². The Bertz CT molecular complexity index is 679. The van der Waals surface area contributed by atoms with E-state index in [9.17, 15) is 4.79 Å². The summed E-state index contributed by atoms with van der Waals surface area (Å²) in [6.07, 6.45) is 6.35. The Balaban J connectivity index is 1.97. The normalized spacial score (nSPS) is 21.9. The fourth-order valence-electron chi connectivity index (χ4n) is 3.15. The molecule has 0 saturated carbocycles. The lowest BCUT2D eigenvalue weighted by Gasteiger charge is -2.35. The third-order valence-electron chi connectivity index (χ3n) is 4.16. The molecule has 0 radical (unpaired) electrons. The molecule has 1 fully saturated rings. The summed E-state index contributed by atoms with van der Waals surface area (Å²) >= 11 is 6.05. The Hall–Kier alpha value is -1.98. The van der Waals surface area contributed by atoms with Gasteiger partial charge in [0.25, 0.3) is 0 Å². The first-order chi connectivity index (χ1) is 10.6. The van der Waals surface area contributed by atoms with Crippen molar-refractivity contribution < 1.29 is 4.79 Å². The maximum Gasteiger partial charge on any atom is 0.244 e. The van der Waals surface area contributed by atoms with Crippen molar-refractivity contribution in [1.82, 2.24) is 14.9 Å². The summed E-state index contributed by atoms with van der Waals surface area (Å²) in [4.78, 5) is 22.8. The Morgan fingerprint density at radius 3 is 2.95 bits per heavy atom. The van der Waals surface area contributed by atoms with Crippen LogP contribution in [-0.4, -0.2) is 27.3 Å². The summed E-state index contributed by atoms with van der Waals surface area (Å²) in [5, 5.41) is 0.681. The van der Waals surface area contributed by atoms with E-state index in [0.717, 1.165) is 18.5 Å². The van der Waals surface area contributed by atoms with E-state index in [1.807, 2.05) is 24.3 Å². The summed E-state index contributed by atoms with van der Waals surface area (Å²) in [5.41, 5.74) is 6.53. The number of nitrogens with zero attached hydrogens (tertiary/aromatic N) is 3. The highest BCUT2D eigenvalue weighted by molar-refractivity contribution is 6.30. The standard InChI is InChI=1S/C16H17ClN4O/c17-13-4-1-3-12(9-13)11-21-8-2-5-16(21,15(18)22)14-10-19-6-7-20-14/h1,3-4,6-7,9-10H,2,5,8,11H2,(H2,18,22)/t16-/m0/s1. The van der Waals surface area contributed by atoms with Crippen molar-refractivity contribution in [2.75, 3.05) is 6.54 Å². The molecule has 1 aromatic heterocycles. The fraction of sp³-hybridized carbons (Fsp3) is 0.312. The van der Waals surface area contributed by atoms with Crippen molar-refractivity contribution in [3.05, 3.63) is 59.1 Å². The van der Waals surface area contributed by atoms with Gasteiger partial charge >= 0.3 is 0 Å². The summed E-state index contributed by atoms with van der Waals surface area (Å²) in [6, 6.07) is 7.63. The van der Waals surface area contributed by atoms with E-state index in [0.29, 0.717) is 23.7 Å². The van der Waals surface area contributed by atoms with Gasteiger partial charge in [0, 0.05) is 24.0 Å². The van der Waals surface area contributed by atoms with Gasteiger partial charge in [0.05, 0.1) is 11.9 Å². The lowest BCUT2D eigenvalue weighted by Crippen LogP contribution is -2.51. The summed E-state index contributed by atoms with van der Waals surface area (Å²) in [7, 11) is 0. The van der Waals surface area contributed by atoms with Gasteiger partial charge < -0.3 is 5.73 Å². The average molecular weight is 317 g/mol. The first kappa shape index (κ1) is 14.9. The smallest absolute Gasteiger partial charge is 0.244 e. The third kappa shape index (κ3) is 2.58. The number of halogens is 1. The van der Waals surface area contributed by atoms with Gasteiger partial charge in [-0.3, -0.25) is 19.7 Å². The molecule has 1 aromatic carbocycles. The topological polar surface area (TPSA) is 72.1 Å². The highest BCUT2D eigenvalue weighted by atomic mass is 35.5. The number of carbonyl (C=O) groups excluding carboxylic acids is 1. The molecule has 22 heavy (non-hydrogen) atoms. The largest absolute Gasteiger partial charge is 0.368 e. The van der Waals surface area contributed by atoms with E-state index in [1.165, 1.54) is 0 Å². The molecule has 1 atom stereocenters. The van der Waals surface area contributed by atoms with E-state index in [2.05, 4.69) is 14.9 Å². The second-order valence-corrected chi connectivity index (χ2v) is 5.91. The van der Waals surface area contributed by atoms with Crippen LogP contribution in [0, 0.1) is 0 Å². The van der Waals surface area contributed by atoms with Crippen LogP contribution in [0.5, 0.6) is 0 Å². The van der Waals surface area contributed by atoms with Crippen molar-refractivity contribution in [2.45, 2.75) is 24.9 Å². The lowest BCUT2D eigenvalue weighted by atomic mass is 9.91. The zero-order chi connectivity index (χ0) is 15.6. The molecule has 2 heterocycles. The molecule has 1 amide bonds. The zero-order valence-electron chi connectivity index (χ0n) is 12.1. The van der Waals surface area contributed by atoms with Gasteiger partial charge in [-0.1, -0.05) is 23.7 Å². The molecule has 2 N–H and O–H groups in total. The van der Waals surface area contributed by atoms with E-state index >= 15 is 0 Å². The molecule has 2 aromatic rings. The molecule has 1 saturated heterocycles. The molecule has 0 unspecified atom stereocenters. The maximum atomic E-state index is 12.3. The Morgan fingerprint density at radius 1 is 1.41 bits per heavy atom. The molecule has 6 heteroatoms. The van der Waals surface area contributed by atoms with Gasteiger partial charge in [0.1, 0.15) is 5.54 Å². The molecule has 0 spiro atoms. The molecular formula is C16H17ClN4O. The minimum atomic E-state index is -0.892. The van der Waals surface area contributed by atoms with Crippen LogP contribution in [0.1, 0.15) is 24.1 Å². The van der Waals surface area contributed by atoms with Crippen LogP contribution in [0.2, 0.25) is 5.02 Å². The Kier molecular flexibility index (Phi) is 4.09. The molecule has 114 valence electrons. The summed E-state index contributed by atoms with van der Waals surface area (Å²) in [5.74, 6) is -0.382. The minimum absolute atomic E-state index is 0.382. The molecule has 1 aliphatic rings. The van der Waals surface area contributed by atoms with Gasteiger partial charge in [0.2, 0.25) is 5.91 Å². The number of rotatable bonds is 4. The molecule has 5 nitrogen and oxygen atoms in total. The molecule has 1 aliphatic heterocycles. The second-order valence-electron chi connectivity index (χ2n) is 5.47. The first-order valence-electron chi connectivity index (χ1n) is 7.19. The molecule has 3 rings (SSSR count). The van der Waals surface area contributed by atoms with Gasteiger partial charge in [-0.2, -0.15) is 0 Å². The van der Waals surface area contributed by atoms with E-state index in [1.54, 1.807) is 18.6 Å². The fourth-order valence-corrected chi connectivity index (χ4v) is 3.37. The van der Waals surface area contributed by atoms with Crippen LogP contribution < -0.4 is 5.73 Å². The number of amides is 1. The number of benzene rings is 1. The van der Waals surface area contributed by atoms with Crippen LogP contribution in [0.15, 0.2) is 42.9 Å². The Labute approximate surface area is 134 Å². The van der Waals surface area contributed by atoms with Crippen molar-refractivity contribution >= 4 is 17.5 Å². The van der Waals surface area contributed by atoms with Crippen LogP contribution >= 0.6 is 11.6 Å². The van der Waals surface area contributed by atoms with Crippen molar-refractivity contribution in [3.8, 4) is 0 Å². The monoisotopic (exact) mass is 316 g/mol. The maximum absolute atomic E-state index is 12.3. The molecule has 0 aliphatic carbocycles. The number of hydrogen-bond donors (Lipinski definition) is 1. The van der Waals surface area contributed by atoms with Gasteiger partial charge in [-0.15, -0.1) is 0 Å². The van der Waals surface area contributed by atoms with Crippen LogP contribution in [0.3, 0.4) is 0 Å². The number of likely N-dealkylation sites (tertiary alicyclic amines) is 1. The number of carbonyl (C=O) groups is 1. The SMILES string of the molecule is NC(=O)[C@@]1(c2cnccn2)CCCN1Cc1cccc(Cl)c1. The van der Waals surface area contributed by atoms with Crippen LogP contribution in [0.25, 0.3) is 0 Å². The van der Waals surface area contributed by atoms with E-state index in [4.69, 9.17) is 17.3 Å². The Morgan fingerprint density at radius 2 is 2.27 bits per heavy atom. The quantitative estimate of drug-likeness (QED) is 0.937. The van der Waals surface area contributed by atoms with Crippen LogP contribution in [0.4, 0.5) is 0 Å². The third-order valence-corrected chi connectivity index (χ3v) is 4.40. The van der Waals surface area contributed by atoms with E-state index in [-0.39, 0.29) is 5.91 Å². The van der Waals surface area contributed by atoms with Gasteiger partial charge in [0.15, 0.2) is 0 Å².